The SMILES string of the molecule is Cc1ccccc1NC(=O)Nc1cc(-n2cccn2)ncn1. The van der Waals surface area contributed by atoms with E-state index in [1.807, 2.05) is 31.2 Å². The molecule has 0 atom stereocenters. The van der Waals surface area contributed by atoms with E-state index in [0.29, 0.717) is 11.6 Å². The van der Waals surface area contributed by atoms with Crippen LogP contribution in [0.1, 0.15) is 5.56 Å². The molecule has 0 radical (unpaired) electrons. The monoisotopic (exact) mass is 294 g/mol. The van der Waals surface area contributed by atoms with Gasteiger partial charge in [-0.05, 0) is 24.6 Å². The van der Waals surface area contributed by atoms with Crippen molar-refractivity contribution in [2.75, 3.05) is 10.6 Å². The molecular weight excluding hydrogens is 280 g/mol. The minimum Gasteiger partial charge on any atom is -0.307 e. The van der Waals surface area contributed by atoms with Crippen molar-refractivity contribution in [2.24, 2.45) is 0 Å². The second kappa shape index (κ2) is 6.04. The number of aromatic nitrogens is 4. The molecule has 22 heavy (non-hydrogen) atoms. The summed E-state index contributed by atoms with van der Waals surface area (Å²) in [4.78, 5) is 20.2. The summed E-state index contributed by atoms with van der Waals surface area (Å²) >= 11 is 0. The fourth-order valence-corrected chi connectivity index (χ4v) is 1.93. The largest absolute Gasteiger partial charge is 0.324 e. The van der Waals surface area contributed by atoms with Gasteiger partial charge in [-0.2, -0.15) is 5.10 Å². The lowest BCUT2D eigenvalue weighted by Crippen LogP contribution is -2.20. The maximum absolute atomic E-state index is 12.0. The van der Waals surface area contributed by atoms with E-state index in [9.17, 15) is 4.79 Å². The Labute approximate surface area is 127 Å². The number of rotatable bonds is 3. The van der Waals surface area contributed by atoms with Crippen LogP contribution in [0, 0.1) is 6.92 Å². The van der Waals surface area contributed by atoms with Gasteiger partial charge in [-0.25, -0.2) is 19.4 Å². The third kappa shape index (κ3) is 3.09. The number of carbonyl (C=O) groups excluding carboxylic acids is 1. The summed E-state index contributed by atoms with van der Waals surface area (Å²) < 4.78 is 1.59. The van der Waals surface area contributed by atoms with Crippen molar-refractivity contribution in [2.45, 2.75) is 6.92 Å². The topological polar surface area (TPSA) is 84.7 Å². The molecule has 0 fully saturated rings. The highest BCUT2D eigenvalue weighted by molar-refractivity contribution is 5.99. The lowest BCUT2D eigenvalue weighted by Gasteiger charge is -2.09. The van der Waals surface area contributed by atoms with E-state index in [4.69, 9.17) is 0 Å². The van der Waals surface area contributed by atoms with Crippen LogP contribution in [0.2, 0.25) is 0 Å². The Hall–Kier alpha value is -3.22. The third-order valence-electron chi connectivity index (χ3n) is 3.03. The van der Waals surface area contributed by atoms with Gasteiger partial charge in [0.15, 0.2) is 5.82 Å². The van der Waals surface area contributed by atoms with Crippen LogP contribution in [0.15, 0.2) is 55.1 Å². The van der Waals surface area contributed by atoms with Crippen molar-refractivity contribution in [3.63, 3.8) is 0 Å². The summed E-state index contributed by atoms with van der Waals surface area (Å²) in [6.07, 6.45) is 4.79. The second-order valence-electron chi connectivity index (χ2n) is 4.61. The molecule has 7 nitrogen and oxygen atoms in total. The van der Waals surface area contributed by atoms with Crippen LogP contribution in [0.25, 0.3) is 5.82 Å². The van der Waals surface area contributed by atoms with Crippen LogP contribution in [0.4, 0.5) is 16.3 Å². The molecule has 0 aliphatic heterocycles. The van der Waals surface area contributed by atoms with Crippen LogP contribution < -0.4 is 10.6 Å². The van der Waals surface area contributed by atoms with Gasteiger partial charge in [0, 0.05) is 24.1 Å². The lowest BCUT2D eigenvalue weighted by molar-refractivity contribution is 0.262. The number of amides is 2. The number of urea groups is 1. The molecule has 110 valence electrons. The predicted octanol–water partition coefficient (Wildman–Crippen LogP) is 2.61. The summed E-state index contributed by atoms with van der Waals surface area (Å²) in [6.45, 7) is 1.93. The summed E-state index contributed by atoms with van der Waals surface area (Å²) in [7, 11) is 0. The smallest absolute Gasteiger partial charge is 0.307 e. The first-order valence-corrected chi connectivity index (χ1v) is 6.68. The van der Waals surface area contributed by atoms with E-state index < -0.39 is 0 Å². The molecule has 0 unspecified atom stereocenters. The van der Waals surface area contributed by atoms with Crippen molar-refractivity contribution < 1.29 is 4.79 Å². The molecule has 3 aromatic rings. The Balaban J connectivity index is 1.72. The molecule has 2 aromatic heterocycles. The average Bonchev–Trinajstić information content (AvgIpc) is 3.04. The number of benzene rings is 1. The van der Waals surface area contributed by atoms with Crippen molar-refractivity contribution in [1.29, 1.82) is 0 Å². The first kappa shape index (κ1) is 13.7. The zero-order valence-corrected chi connectivity index (χ0v) is 11.9. The standard InChI is InChI=1S/C15H14N6O/c1-11-5-2-3-6-12(11)19-15(22)20-13-9-14(17-10-16-13)21-8-4-7-18-21/h2-10H,1H3,(H2,16,17,19,20,22). The van der Waals surface area contributed by atoms with Gasteiger partial charge in [0.1, 0.15) is 12.1 Å². The second-order valence-corrected chi connectivity index (χ2v) is 4.61. The summed E-state index contributed by atoms with van der Waals surface area (Å²) in [6, 6.07) is 10.6. The minimum absolute atomic E-state index is 0.362. The van der Waals surface area contributed by atoms with Gasteiger partial charge in [0.2, 0.25) is 0 Å². The third-order valence-corrected chi connectivity index (χ3v) is 3.03. The number of aryl methyl sites for hydroxylation is 1. The molecular formula is C15H14N6O. The molecule has 3 rings (SSSR count). The normalized spacial score (nSPS) is 10.2. The Morgan fingerprint density at radius 3 is 2.77 bits per heavy atom. The van der Waals surface area contributed by atoms with Crippen molar-refractivity contribution in [3.05, 3.63) is 60.7 Å². The minimum atomic E-state index is -0.362. The van der Waals surface area contributed by atoms with Crippen LogP contribution in [-0.2, 0) is 0 Å². The molecule has 2 N–H and O–H groups in total. The molecule has 1 aromatic carbocycles. The number of para-hydroxylation sites is 1. The average molecular weight is 294 g/mol. The molecule has 2 amide bonds. The first-order chi connectivity index (χ1) is 10.7. The summed E-state index contributed by atoms with van der Waals surface area (Å²) in [5, 5.41) is 9.54. The van der Waals surface area contributed by atoms with E-state index in [2.05, 4.69) is 25.7 Å². The van der Waals surface area contributed by atoms with E-state index in [1.165, 1.54) is 6.33 Å². The number of hydrogen-bond donors (Lipinski definition) is 2. The molecule has 0 saturated heterocycles. The van der Waals surface area contributed by atoms with E-state index in [-0.39, 0.29) is 6.03 Å². The highest BCUT2D eigenvalue weighted by atomic mass is 16.2. The van der Waals surface area contributed by atoms with Gasteiger partial charge in [-0.15, -0.1) is 0 Å². The Bertz CT molecular complexity index is 784. The van der Waals surface area contributed by atoms with Crippen LogP contribution in [-0.4, -0.2) is 25.8 Å². The lowest BCUT2D eigenvalue weighted by atomic mass is 10.2. The van der Waals surface area contributed by atoms with Crippen molar-refractivity contribution >= 4 is 17.5 Å². The van der Waals surface area contributed by atoms with Gasteiger partial charge in [0.05, 0.1) is 0 Å². The van der Waals surface area contributed by atoms with Gasteiger partial charge in [0.25, 0.3) is 0 Å². The quantitative estimate of drug-likeness (QED) is 0.777. The first-order valence-electron chi connectivity index (χ1n) is 6.68. The maximum atomic E-state index is 12.0. The van der Waals surface area contributed by atoms with E-state index in [0.717, 1.165) is 11.3 Å². The van der Waals surface area contributed by atoms with Gasteiger partial charge >= 0.3 is 6.03 Å². The number of carbonyl (C=O) groups is 1. The summed E-state index contributed by atoms with van der Waals surface area (Å²) in [5.41, 5.74) is 1.74. The van der Waals surface area contributed by atoms with Gasteiger partial charge in [-0.3, -0.25) is 5.32 Å². The highest BCUT2D eigenvalue weighted by Crippen LogP contribution is 2.14. The van der Waals surface area contributed by atoms with Gasteiger partial charge < -0.3 is 5.32 Å². The Morgan fingerprint density at radius 2 is 2.00 bits per heavy atom. The maximum Gasteiger partial charge on any atom is 0.324 e. The van der Waals surface area contributed by atoms with Crippen molar-refractivity contribution in [3.8, 4) is 5.82 Å². The Morgan fingerprint density at radius 1 is 1.14 bits per heavy atom. The Kier molecular flexibility index (Phi) is 3.78. The zero-order chi connectivity index (χ0) is 15.4. The van der Waals surface area contributed by atoms with Crippen LogP contribution in [0.5, 0.6) is 0 Å². The zero-order valence-electron chi connectivity index (χ0n) is 11.9. The molecule has 0 saturated carbocycles. The molecule has 7 heteroatoms. The summed E-state index contributed by atoms with van der Waals surface area (Å²) in [5.74, 6) is 0.970. The molecule has 0 aliphatic carbocycles. The predicted molar refractivity (Wildman–Crippen MR) is 83.0 cm³/mol. The molecule has 0 bridgehead atoms. The van der Waals surface area contributed by atoms with E-state index >= 15 is 0 Å². The molecule has 2 heterocycles. The van der Waals surface area contributed by atoms with E-state index in [1.54, 1.807) is 29.2 Å². The fraction of sp³-hybridized carbons (Fsp3) is 0.0667. The van der Waals surface area contributed by atoms with Crippen molar-refractivity contribution in [1.82, 2.24) is 19.7 Å². The fourth-order valence-electron chi connectivity index (χ4n) is 1.93. The number of hydrogen-bond acceptors (Lipinski definition) is 4. The van der Waals surface area contributed by atoms with Gasteiger partial charge in [-0.1, -0.05) is 18.2 Å². The van der Waals surface area contributed by atoms with Crippen LogP contribution in [0.3, 0.4) is 0 Å². The number of nitrogens with one attached hydrogen (secondary N) is 2. The highest BCUT2D eigenvalue weighted by Gasteiger charge is 2.07. The number of anilines is 2. The molecule has 0 spiro atoms. The number of nitrogens with zero attached hydrogens (tertiary/aromatic N) is 4. The van der Waals surface area contributed by atoms with Crippen LogP contribution >= 0.6 is 0 Å². The molecule has 0 aliphatic rings.